The van der Waals surface area contributed by atoms with Crippen LogP contribution in [0.25, 0.3) is 0 Å². The third-order valence-corrected chi connectivity index (χ3v) is 5.22. The van der Waals surface area contributed by atoms with E-state index >= 15 is 0 Å². The average Bonchev–Trinajstić information content (AvgIpc) is 2.87. The number of hydrazone groups is 1. The summed E-state index contributed by atoms with van der Waals surface area (Å²) < 4.78 is 10.8. The van der Waals surface area contributed by atoms with Crippen molar-refractivity contribution < 1.29 is 24.0 Å². The molecule has 0 heterocycles. The van der Waals surface area contributed by atoms with Gasteiger partial charge in [0.25, 0.3) is 11.6 Å². The lowest BCUT2D eigenvalue weighted by atomic mass is 9.99. The summed E-state index contributed by atoms with van der Waals surface area (Å²) in [7, 11) is 0. The van der Waals surface area contributed by atoms with E-state index in [9.17, 15) is 19.7 Å². The van der Waals surface area contributed by atoms with Crippen LogP contribution in [0.3, 0.4) is 0 Å². The Balaban J connectivity index is 1.49. The summed E-state index contributed by atoms with van der Waals surface area (Å²) in [5.74, 6) is 0.238. The number of nitrogens with one attached hydrogen (secondary N) is 1. The molecule has 0 saturated carbocycles. The number of nitro groups is 1. The number of rotatable bonds is 10. The Bertz CT molecular complexity index is 1210. The highest BCUT2D eigenvalue weighted by Crippen LogP contribution is 2.21. The molecule has 0 aliphatic carbocycles. The SMILES string of the molecule is CC[C@H](C)c1ccc(OCC(=O)N/N=C/c2cccc(OC(=O)c3ccc([N+](=O)[O-])cc3)c2)cc1. The van der Waals surface area contributed by atoms with Crippen LogP contribution >= 0.6 is 0 Å². The van der Waals surface area contributed by atoms with E-state index in [1.807, 2.05) is 24.3 Å². The summed E-state index contributed by atoms with van der Waals surface area (Å²) in [6.07, 6.45) is 2.45. The van der Waals surface area contributed by atoms with Gasteiger partial charge < -0.3 is 9.47 Å². The summed E-state index contributed by atoms with van der Waals surface area (Å²) in [4.78, 5) is 34.4. The van der Waals surface area contributed by atoms with Gasteiger partial charge in [0.2, 0.25) is 0 Å². The first kappa shape index (κ1) is 25.1. The van der Waals surface area contributed by atoms with Crippen molar-refractivity contribution in [3.8, 4) is 11.5 Å². The molecule has 0 radical (unpaired) electrons. The minimum absolute atomic E-state index is 0.119. The molecule has 1 atom stereocenters. The van der Waals surface area contributed by atoms with E-state index in [4.69, 9.17) is 9.47 Å². The predicted octanol–water partition coefficient (Wildman–Crippen LogP) is 4.86. The Labute approximate surface area is 202 Å². The summed E-state index contributed by atoms with van der Waals surface area (Å²) in [6.45, 7) is 4.09. The Morgan fingerprint density at radius 1 is 1.06 bits per heavy atom. The van der Waals surface area contributed by atoms with Gasteiger partial charge in [-0.2, -0.15) is 5.10 Å². The van der Waals surface area contributed by atoms with E-state index in [2.05, 4.69) is 24.4 Å². The maximum absolute atomic E-state index is 12.3. The second-order valence-electron chi connectivity index (χ2n) is 7.73. The predicted molar refractivity (Wildman–Crippen MR) is 131 cm³/mol. The normalized spacial score (nSPS) is 11.6. The number of non-ortho nitro benzene ring substituents is 1. The number of hydrogen-bond acceptors (Lipinski definition) is 7. The van der Waals surface area contributed by atoms with Crippen molar-refractivity contribution in [1.29, 1.82) is 0 Å². The molecule has 3 rings (SSSR count). The zero-order chi connectivity index (χ0) is 25.2. The van der Waals surface area contributed by atoms with Gasteiger partial charge in [0.1, 0.15) is 11.5 Å². The lowest BCUT2D eigenvalue weighted by molar-refractivity contribution is -0.384. The largest absolute Gasteiger partial charge is 0.484 e. The first-order valence-corrected chi connectivity index (χ1v) is 11.0. The van der Waals surface area contributed by atoms with Crippen molar-refractivity contribution in [2.75, 3.05) is 6.61 Å². The van der Waals surface area contributed by atoms with Crippen molar-refractivity contribution >= 4 is 23.8 Å². The van der Waals surface area contributed by atoms with Crippen LogP contribution in [0.5, 0.6) is 11.5 Å². The van der Waals surface area contributed by atoms with Gasteiger partial charge in [0.15, 0.2) is 6.61 Å². The fourth-order valence-corrected chi connectivity index (χ4v) is 3.03. The van der Waals surface area contributed by atoms with E-state index in [1.54, 1.807) is 24.3 Å². The molecule has 9 heteroatoms. The van der Waals surface area contributed by atoms with Crippen molar-refractivity contribution in [3.63, 3.8) is 0 Å². The molecule has 0 spiro atoms. The summed E-state index contributed by atoms with van der Waals surface area (Å²) >= 11 is 0. The number of carbonyl (C=O) groups is 2. The van der Waals surface area contributed by atoms with E-state index in [0.29, 0.717) is 17.2 Å². The smallest absolute Gasteiger partial charge is 0.343 e. The number of carbonyl (C=O) groups excluding carboxylic acids is 2. The second kappa shape index (κ2) is 12.1. The van der Waals surface area contributed by atoms with Crippen molar-refractivity contribution in [2.24, 2.45) is 5.10 Å². The Hall–Kier alpha value is -4.53. The summed E-state index contributed by atoms with van der Waals surface area (Å²) in [5, 5.41) is 14.6. The van der Waals surface area contributed by atoms with Crippen LogP contribution in [0.2, 0.25) is 0 Å². The van der Waals surface area contributed by atoms with Crippen LogP contribution in [0.1, 0.15) is 47.7 Å². The maximum atomic E-state index is 12.3. The fourth-order valence-electron chi connectivity index (χ4n) is 3.03. The van der Waals surface area contributed by atoms with Crippen LogP contribution in [0.15, 0.2) is 77.9 Å². The number of amides is 1. The standard InChI is InChI=1S/C26H25N3O6/c1-3-18(2)20-9-13-23(14-10-20)34-17-25(30)28-27-16-19-5-4-6-24(15-19)35-26(31)21-7-11-22(12-8-21)29(32)33/h4-16,18H,3,17H2,1-2H3,(H,28,30)/b27-16+/t18-/m0/s1. The van der Waals surface area contributed by atoms with Crippen LogP contribution in [-0.4, -0.2) is 29.6 Å². The maximum Gasteiger partial charge on any atom is 0.343 e. The van der Waals surface area contributed by atoms with E-state index in [0.717, 1.165) is 6.42 Å². The highest BCUT2D eigenvalue weighted by molar-refractivity contribution is 5.91. The molecule has 0 fully saturated rings. The van der Waals surface area contributed by atoms with Gasteiger partial charge in [-0.1, -0.05) is 38.1 Å². The van der Waals surface area contributed by atoms with Gasteiger partial charge in [-0.15, -0.1) is 0 Å². The molecule has 0 aliphatic rings. The number of ether oxygens (including phenoxy) is 2. The lowest BCUT2D eigenvalue weighted by Crippen LogP contribution is -2.24. The second-order valence-corrected chi connectivity index (χ2v) is 7.73. The molecule has 3 aromatic carbocycles. The molecule has 180 valence electrons. The fraction of sp³-hybridized carbons (Fsp3) is 0.192. The van der Waals surface area contributed by atoms with Gasteiger partial charge in [0, 0.05) is 12.1 Å². The molecule has 1 amide bonds. The van der Waals surface area contributed by atoms with Gasteiger partial charge in [0.05, 0.1) is 16.7 Å². The Morgan fingerprint density at radius 3 is 2.43 bits per heavy atom. The average molecular weight is 476 g/mol. The van der Waals surface area contributed by atoms with E-state index < -0.39 is 16.8 Å². The monoisotopic (exact) mass is 475 g/mol. The van der Waals surface area contributed by atoms with Gasteiger partial charge in [-0.3, -0.25) is 14.9 Å². The quantitative estimate of drug-likeness (QED) is 0.147. The van der Waals surface area contributed by atoms with Crippen LogP contribution < -0.4 is 14.9 Å². The van der Waals surface area contributed by atoms with Gasteiger partial charge >= 0.3 is 5.97 Å². The molecule has 1 N–H and O–H groups in total. The Morgan fingerprint density at radius 2 is 1.77 bits per heavy atom. The van der Waals surface area contributed by atoms with Crippen LogP contribution in [-0.2, 0) is 4.79 Å². The molecule has 35 heavy (non-hydrogen) atoms. The number of hydrogen-bond donors (Lipinski definition) is 1. The number of nitro benzene ring substituents is 1. The third kappa shape index (κ3) is 7.50. The third-order valence-electron chi connectivity index (χ3n) is 5.22. The lowest BCUT2D eigenvalue weighted by Gasteiger charge is -2.10. The topological polar surface area (TPSA) is 120 Å². The summed E-state index contributed by atoms with van der Waals surface area (Å²) in [6, 6.07) is 19.3. The van der Waals surface area contributed by atoms with E-state index in [-0.39, 0.29) is 23.6 Å². The minimum Gasteiger partial charge on any atom is -0.484 e. The molecule has 3 aromatic rings. The molecule has 0 bridgehead atoms. The van der Waals surface area contributed by atoms with Crippen LogP contribution in [0.4, 0.5) is 5.69 Å². The zero-order valence-electron chi connectivity index (χ0n) is 19.3. The molecule has 0 unspecified atom stereocenters. The molecular formula is C26H25N3O6. The Kier molecular flexibility index (Phi) is 8.66. The number of nitrogens with zero attached hydrogens (tertiary/aromatic N) is 2. The number of benzene rings is 3. The van der Waals surface area contributed by atoms with Gasteiger partial charge in [-0.05, 0) is 59.9 Å². The van der Waals surface area contributed by atoms with Crippen molar-refractivity contribution in [1.82, 2.24) is 5.43 Å². The van der Waals surface area contributed by atoms with Crippen LogP contribution in [0, 0.1) is 10.1 Å². The van der Waals surface area contributed by atoms with E-state index in [1.165, 1.54) is 36.0 Å². The summed E-state index contributed by atoms with van der Waals surface area (Å²) in [5.41, 5.74) is 4.24. The first-order chi connectivity index (χ1) is 16.9. The zero-order valence-corrected chi connectivity index (χ0v) is 19.3. The van der Waals surface area contributed by atoms with Crippen molar-refractivity contribution in [2.45, 2.75) is 26.2 Å². The molecule has 0 saturated heterocycles. The van der Waals surface area contributed by atoms with Crippen molar-refractivity contribution in [3.05, 3.63) is 99.6 Å². The highest BCUT2D eigenvalue weighted by Gasteiger charge is 2.12. The molecule has 0 aliphatic heterocycles. The first-order valence-electron chi connectivity index (χ1n) is 11.0. The molecule has 9 nitrogen and oxygen atoms in total. The molecular weight excluding hydrogens is 450 g/mol. The highest BCUT2D eigenvalue weighted by atomic mass is 16.6. The molecule has 0 aromatic heterocycles. The van der Waals surface area contributed by atoms with Gasteiger partial charge in [-0.25, -0.2) is 10.2 Å². The number of esters is 1. The minimum atomic E-state index is -0.656.